The summed E-state index contributed by atoms with van der Waals surface area (Å²) in [4.78, 5) is 15.0. The highest BCUT2D eigenvalue weighted by Gasteiger charge is 2.23. The van der Waals surface area contributed by atoms with Crippen LogP contribution in [0.2, 0.25) is 0 Å². The predicted molar refractivity (Wildman–Crippen MR) is 115 cm³/mol. The average Bonchev–Trinajstić information content (AvgIpc) is 3.09. The normalized spacial score (nSPS) is 10.8. The molecule has 0 unspecified atom stereocenters. The van der Waals surface area contributed by atoms with Crippen LogP contribution in [0.3, 0.4) is 0 Å². The smallest absolute Gasteiger partial charge is 0.307 e. The Hall–Kier alpha value is -3.35. The first-order chi connectivity index (χ1) is 14.5. The largest absolute Gasteiger partial charge is 0.494 e. The number of benzene rings is 2. The topological polar surface area (TPSA) is 90.0 Å². The number of fused-ring (bicyclic) bond motifs is 1. The van der Waals surface area contributed by atoms with Gasteiger partial charge < -0.3 is 29.0 Å². The maximum absolute atomic E-state index is 11.6. The number of carbonyl (C=O) groups is 1. The van der Waals surface area contributed by atoms with E-state index in [4.69, 9.17) is 18.9 Å². The van der Waals surface area contributed by atoms with E-state index in [9.17, 15) is 9.90 Å². The van der Waals surface area contributed by atoms with Crippen molar-refractivity contribution in [2.24, 2.45) is 0 Å². The van der Waals surface area contributed by atoms with Gasteiger partial charge in [-0.05, 0) is 42.3 Å². The first kappa shape index (κ1) is 21.4. The van der Waals surface area contributed by atoms with Gasteiger partial charge in [0.1, 0.15) is 5.75 Å². The van der Waals surface area contributed by atoms with Crippen LogP contribution in [-0.4, -0.2) is 44.0 Å². The molecule has 0 aliphatic carbocycles. The van der Waals surface area contributed by atoms with E-state index in [-0.39, 0.29) is 6.42 Å². The first-order valence-corrected chi connectivity index (χ1v) is 9.82. The van der Waals surface area contributed by atoms with E-state index in [1.807, 2.05) is 24.3 Å². The molecule has 0 bridgehead atoms. The fourth-order valence-corrected chi connectivity index (χ4v) is 3.51. The van der Waals surface area contributed by atoms with Gasteiger partial charge in [-0.15, -0.1) is 0 Å². The second-order valence-corrected chi connectivity index (χ2v) is 6.84. The number of carboxylic acid groups (broad SMARTS) is 1. The number of aliphatic carboxylic acids is 1. The number of hydrogen-bond acceptors (Lipinski definition) is 5. The van der Waals surface area contributed by atoms with Crippen molar-refractivity contribution in [3.05, 3.63) is 35.9 Å². The number of H-pyrrole nitrogens is 1. The summed E-state index contributed by atoms with van der Waals surface area (Å²) in [6, 6.07) is 9.27. The van der Waals surface area contributed by atoms with Gasteiger partial charge in [-0.3, -0.25) is 4.79 Å². The number of ether oxygens (including phenoxy) is 4. The first-order valence-electron chi connectivity index (χ1n) is 9.82. The number of carboxylic acids is 1. The molecule has 2 N–H and O–H groups in total. The van der Waals surface area contributed by atoms with Gasteiger partial charge in [-0.1, -0.05) is 13.3 Å². The summed E-state index contributed by atoms with van der Waals surface area (Å²) in [5.41, 5.74) is 2.83. The molecule has 0 fully saturated rings. The molecule has 0 aliphatic rings. The van der Waals surface area contributed by atoms with E-state index < -0.39 is 5.97 Å². The van der Waals surface area contributed by atoms with Gasteiger partial charge >= 0.3 is 5.97 Å². The van der Waals surface area contributed by atoms with E-state index in [0.717, 1.165) is 23.7 Å². The molecule has 0 aliphatic heterocycles. The molecule has 1 aromatic heterocycles. The highest BCUT2D eigenvalue weighted by molar-refractivity contribution is 5.96. The van der Waals surface area contributed by atoms with Crippen LogP contribution in [0.15, 0.2) is 30.3 Å². The van der Waals surface area contributed by atoms with Crippen molar-refractivity contribution in [2.45, 2.75) is 26.2 Å². The summed E-state index contributed by atoms with van der Waals surface area (Å²) in [7, 11) is 4.63. The minimum atomic E-state index is -0.922. The predicted octanol–water partition coefficient (Wildman–Crippen LogP) is 4.67. The molecule has 30 heavy (non-hydrogen) atoms. The minimum absolute atomic E-state index is 0.148. The number of methoxy groups -OCH3 is 3. The van der Waals surface area contributed by atoms with Crippen molar-refractivity contribution in [1.82, 2.24) is 4.98 Å². The minimum Gasteiger partial charge on any atom is -0.494 e. The molecule has 0 atom stereocenters. The third kappa shape index (κ3) is 4.15. The van der Waals surface area contributed by atoms with Crippen LogP contribution in [0.25, 0.3) is 22.2 Å². The lowest BCUT2D eigenvalue weighted by molar-refractivity contribution is -0.136. The molecule has 0 saturated heterocycles. The van der Waals surface area contributed by atoms with Crippen molar-refractivity contribution in [2.75, 3.05) is 27.9 Å². The highest BCUT2D eigenvalue weighted by Crippen LogP contribution is 2.46. The standard InChI is InChI=1S/C23H27NO6/c1-5-6-11-30-14-7-9-18-16(12-14)17(13-20(25)26)21(24-18)15-8-10-19(27-2)23(29-4)22(15)28-3/h7-10,12,24H,5-6,11,13H2,1-4H3,(H,25,26). The summed E-state index contributed by atoms with van der Waals surface area (Å²) in [5, 5.41) is 10.4. The number of hydrogen-bond donors (Lipinski definition) is 2. The van der Waals surface area contributed by atoms with Gasteiger partial charge in [0.15, 0.2) is 11.5 Å². The second kappa shape index (κ2) is 9.43. The molecule has 7 heteroatoms. The van der Waals surface area contributed by atoms with Gasteiger partial charge in [-0.25, -0.2) is 0 Å². The zero-order chi connectivity index (χ0) is 21.7. The van der Waals surface area contributed by atoms with Crippen LogP contribution in [0, 0.1) is 0 Å². The molecule has 0 spiro atoms. The van der Waals surface area contributed by atoms with Crippen molar-refractivity contribution in [3.8, 4) is 34.3 Å². The molecule has 0 saturated carbocycles. The summed E-state index contributed by atoms with van der Waals surface area (Å²) >= 11 is 0. The molecule has 0 amide bonds. The average molecular weight is 413 g/mol. The molecule has 1 heterocycles. The van der Waals surface area contributed by atoms with Gasteiger partial charge in [0, 0.05) is 16.5 Å². The maximum Gasteiger partial charge on any atom is 0.307 e. The lowest BCUT2D eigenvalue weighted by Gasteiger charge is -2.16. The second-order valence-electron chi connectivity index (χ2n) is 6.84. The summed E-state index contributed by atoms with van der Waals surface area (Å²) in [5.74, 6) is 1.23. The van der Waals surface area contributed by atoms with Crippen LogP contribution in [0.4, 0.5) is 0 Å². The fraction of sp³-hybridized carbons (Fsp3) is 0.348. The molecule has 2 aromatic carbocycles. The zero-order valence-electron chi connectivity index (χ0n) is 17.7. The SMILES string of the molecule is CCCCOc1ccc2[nH]c(-c3ccc(OC)c(OC)c3OC)c(CC(=O)O)c2c1. The van der Waals surface area contributed by atoms with Crippen molar-refractivity contribution in [3.63, 3.8) is 0 Å². The number of rotatable bonds is 10. The Bertz CT molecular complexity index is 1040. The number of aromatic nitrogens is 1. The van der Waals surface area contributed by atoms with Crippen molar-refractivity contribution < 1.29 is 28.8 Å². The maximum atomic E-state index is 11.6. The van der Waals surface area contributed by atoms with E-state index in [0.29, 0.717) is 46.4 Å². The van der Waals surface area contributed by atoms with Crippen molar-refractivity contribution in [1.29, 1.82) is 0 Å². The molecule has 160 valence electrons. The summed E-state index contributed by atoms with van der Waals surface area (Å²) in [6.45, 7) is 2.73. The Balaban J connectivity index is 2.19. The zero-order valence-corrected chi connectivity index (χ0v) is 17.7. The Morgan fingerprint density at radius 3 is 2.43 bits per heavy atom. The van der Waals surface area contributed by atoms with E-state index >= 15 is 0 Å². The molecular formula is C23H27NO6. The van der Waals surface area contributed by atoms with Crippen LogP contribution in [-0.2, 0) is 11.2 Å². The van der Waals surface area contributed by atoms with Gasteiger partial charge in [0.2, 0.25) is 5.75 Å². The van der Waals surface area contributed by atoms with E-state index in [2.05, 4.69) is 11.9 Å². The third-order valence-electron chi connectivity index (χ3n) is 4.95. The fourth-order valence-electron chi connectivity index (χ4n) is 3.51. The third-order valence-corrected chi connectivity index (χ3v) is 4.95. The lowest BCUT2D eigenvalue weighted by Crippen LogP contribution is -2.02. The van der Waals surface area contributed by atoms with Crippen LogP contribution >= 0.6 is 0 Å². The quantitative estimate of drug-likeness (QED) is 0.470. The molecule has 7 nitrogen and oxygen atoms in total. The van der Waals surface area contributed by atoms with E-state index in [1.165, 1.54) is 7.11 Å². The lowest BCUT2D eigenvalue weighted by atomic mass is 10.0. The molecule has 3 aromatic rings. The molecule has 3 rings (SSSR count). The molecular weight excluding hydrogens is 386 g/mol. The number of unbranched alkanes of at least 4 members (excludes halogenated alkanes) is 1. The number of aromatic amines is 1. The van der Waals surface area contributed by atoms with E-state index in [1.54, 1.807) is 20.3 Å². The summed E-state index contributed by atoms with van der Waals surface area (Å²) < 4.78 is 22.3. The molecule has 0 radical (unpaired) electrons. The Labute approximate surface area is 175 Å². The monoisotopic (exact) mass is 413 g/mol. The van der Waals surface area contributed by atoms with Crippen LogP contribution in [0.5, 0.6) is 23.0 Å². The Morgan fingerprint density at radius 1 is 1.03 bits per heavy atom. The van der Waals surface area contributed by atoms with Crippen LogP contribution in [0.1, 0.15) is 25.3 Å². The van der Waals surface area contributed by atoms with Gasteiger partial charge in [0.25, 0.3) is 0 Å². The Morgan fingerprint density at radius 2 is 1.80 bits per heavy atom. The number of nitrogens with one attached hydrogen (secondary N) is 1. The Kier molecular flexibility index (Phi) is 6.72. The summed E-state index contributed by atoms with van der Waals surface area (Å²) in [6.07, 6.45) is 1.85. The highest BCUT2D eigenvalue weighted by atomic mass is 16.5. The van der Waals surface area contributed by atoms with Crippen LogP contribution < -0.4 is 18.9 Å². The van der Waals surface area contributed by atoms with Gasteiger partial charge in [0.05, 0.1) is 40.1 Å². The van der Waals surface area contributed by atoms with Crippen molar-refractivity contribution >= 4 is 16.9 Å². The van der Waals surface area contributed by atoms with Gasteiger partial charge in [-0.2, -0.15) is 0 Å².